The fourth-order valence-corrected chi connectivity index (χ4v) is 1.93. The van der Waals surface area contributed by atoms with Crippen molar-refractivity contribution in [2.75, 3.05) is 32.1 Å². The van der Waals surface area contributed by atoms with E-state index in [-0.39, 0.29) is 0 Å². The van der Waals surface area contributed by atoms with Gasteiger partial charge in [-0.15, -0.1) is 11.8 Å². The predicted octanol–water partition coefficient (Wildman–Crippen LogP) is 1.63. The van der Waals surface area contributed by atoms with E-state index in [2.05, 4.69) is 24.0 Å². The van der Waals surface area contributed by atoms with Crippen molar-refractivity contribution in [2.24, 2.45) is 0 Å². The monoisotopic (exact) mass is 211 g/mol. The molecule has 78 valence electrons. The molecular formula is C10H17N3S. The van der Waals surface area contributed by atoms with Crippen molar-refractivity contribution in [2.45, 2.75) is 11.9 Å². The molecular weight excluding hydrogens is 194 g/mol. The smallest absolute Gasteiger partial charge is 0.0981 e. The number of rotatable bonds is 4. The van der Waals surface area contributed by atoms with E-state index in [1.807, 2.05) is 19.2 Å². The Morgan fingerprint density at radius 1 is 1.50 bits per heavy atom. The number of aryl methyl sites for hydroxylation is 1. The van der Waals surface area contributed by atoms with Crippen LogP contribution in [-0.4, -0.2) is 36.3 Å². The highest BCUT2D eigenvalue weighted by Crippen LogP contribution is 2.19. The number of anilines is 1. The van der Waals surface area contributed by atoms with Gasteiger partial charge in [-0.1, -0.05) is 0 Å². The first-order chi connectivity index (χ1) is 6.59. The molecule has 1 aromatic heterocycles. The minimum Gasteiger partial charge on any atom is -0.398 e. The normalized spacial score (nSPS) is 10.9. The second-order valence-corrected chi connectivity index (χ2v) is 4.65. The van der Waals surface area contributed by atoms with Crippen LogP contribution in [0.3, 0.4) is 0 Å². The van der Waals surface area contributed by atoms with Crippen molar-refractivity contribution in [3.8, 4) is 0 Å². The quantitative estimate of drug-likeness (QED) is 0.769. The molecule has 3 nitrogen and oxygen atoms in total. The Morgan fingerprint density at radius 3 is 2.79 bits per heavy atom. The summed E-state index contributed by atoms with van der Waals surface area (Å²) < 4.78 is 0. The maximum Gasteiger partial charge on any atom is 0.0981 e. The molecule has 0 unspecified atom stereocenters. The van der Waals surface area contributed by atoms with E-state index in [1.54, 1.807) is 11.8 Å². The SMILES string of the molecule is Cc1cnc(SCCN(C)C)cc1N. The highest BCUT2D eigenvalue weighted by molar-refractivity contribution is 7.99. The van der Waals surface area contributed by atoms with E-state index in [0.717, 1.165) is 28.6 Å². The van der Waals surface area contributed by atoms with Crippen LogP contribution in [-0.2, 0) is 0 Å². The lowest BCUT2D eigenvalue weighted by atomic mass is 10.3. The molecule has 2 N–H and O–H groups in total. The van der Waals surface area contributed by atoms with Crippen molar-refractivity contribution in [1.29, 1.82) is 0 Å². The Bertz CT molecular complexity index is 299. The molecule has 0 atom stereocenters. The van der Waals surface area contributed by atoms with E-state index < -0.39 is 0 Å². The van der Waals surface area contributed by atoms with Crippen molar-refractivity contribution in [3.05, 3.63) is 17.8 Å². The van der Waals surface area contributed by atoms with Gasteiger partial charge in [-0.3, -0.25) is 0 Å². The molecule has 0 bridgehead atoms. The van der Waals surface area contributed by atoms with Gasteiger partial charge in [0.1, 0.15) is 0 Å². The number of hydrogen-bond acceptors (Lipinski definition) is 4. The molecule has 0 saturated carbocycles. The molecule has 0 fully saturated rings. The van der Waals surface area contributed by atoms with Gasteiger partial charge in [0.05, 0.1) is 5.03 Å². The molecule has 14 heavy (non-hydrogen) atoms. The first-order valence-corrected chi connectivity index (χ1v) is 5.58. The van der Waals surface area contributed by atoms with Crippen LogP contribution in [0.1, 0.15) is 5.56 Å². The van der Waals surface area contributed by atoms with E-state index in [0.29, 0.717) is 0 Å². The Balaban J connectivity index is 2.47. The van der Waals surface area contributed by atoms with Crippen molar-refractivity contribution >= 4 is 17.4 Å². The number of pyridine rings is 1. The molecule has 0 aliphatic heterocycles. The van der Waals surface area contributed by atoms with Crippen LogP contribution in [0.25, 0.3) is 0 Å². The molecule has 1 heterocycles. The number of nitrogens with two attached hydrogens (primary N) is 1. The molecule has 0 amide bonds. The van der Waals surface area contributed by atoms with Gasteiger partial charge < -0.3 is 10.6 Å². The third kappa shape index (κ3) is 3.55. The molecule has 0 aliphatic rings. The van der Waals surface area contributed by atoms with Crippen LogP contribution in [0.2, 0.25) is 0 Å². The maximum absolute atomic E-state index is 5.79. The molecule has 4 heteroatoms. The lowest BCUT2D eigenvalue weighted by molar-refractivity contribution is 0.437. The van der Waals surface area contributed by atoms with Crippen molar-refractivity contribution in [3.63, 3.8) is 0 Å². The second kappa shape index (κ2) is 5.22. The lowest BCUT2D eigenvalue weighted by Gasteiger charge is -2.08. The Morgan fingerprint density at radius 2 is 2.21 bits per heavy atom. The molecule has 0 radical (unpaired) electrons. The first-order valence-electron chi connectivity index (χ1n) is 4.59. The molecule has 1 rings (SSSR count). The third-order valence-electron chi connectivity index (χ3n) is 1.91. The number of aromatic nitrogens is 1. The number of hydrogen-bond donors (Lipinski definition) is 1. The fraction of sp³-hybridized carbons (Fsp3) is 0.500. The Labute approximate surface area is 89.7 Å². The average Bonchev–Trinajstić information content (AvgIpc) is 2.10. The summed E-state index contributed by atoms with van der Waals surface area (Å²) >= 11 is 1.74. The van der Waals surface area contributed by atoms with Gasteiger partial charge in [-0.05, 0) is 32.6 Å². The van der Waals surface area contributed by atoms with Crippen LogP contribution in [0.5, 0.6) is 0 Å². The summed E-state index contributed by atoms with van der Waals surface area (Å²) in [6, 6.07) is 1.94. The highest BCUT2D eigenvalue weighted by Gasteiger charge is 1.99. The minimum atomic E-state index is 0.826. The Kier molecular flexibility index (Phi) is 4.22. The zero-order chi connectivity index (χ0) is 10.6. The van der Waals surface area contributed by atoms with Gasteiger partial charge in [0.15, 0.2) is 0 Å². The summed E-state index contributed by atoms with van der Waals surface area (Å²) in [5.74, 6) is 1.04. The largest absolute Gasteiger partial charge is 0.398 e. The second-order valence-electron chi connectivity index (χ2n) is 3.53. The summed E-state index contributed by atoms with van der Waals surface area (Å²) in [6.45, 7) is 3.02. The molecule has 0 spiro atoms. The lowest BCUT2D eigenvalue weighted by Crippen LogP contribution is -2.14. The topological polar surface area (TPSA) is 42.2 Å². The molecule has 1 aromatic rings. The van der Waals surface area contributed by atoms with Gasteiger partial charge >= 0.3 is 0 Å². The summed E-state index contributed by atoms with van der Waals surface area (Å²) in [7, 11) is 4.13. The highest BCUT2D eigenvalue weighted by atomic mass is 32.2. The third-order valence-corrected chi connectivity index (χ3v) is 2.81. The van der Waals surface area contributed by atoms with Crippen LogP contribution in [0.4, 0.5) is 5.69 Å². The fourth-order valence-electron chi connectivity index (χ4n) is 0.931. The van der Waals surface area contributed by atoms with E-state index in [4.69, 9.17) is 5.73 Å². The summed E-state index contributed by atoms with van der Waals surface area (Å²) in [5.41, 5.74) is 7.66. The molecule has 0 aromatic carbocycles. The minimum absolute atomic E-state index is 0.826. The van der Waals surface area contributed by atoms with Crippen LogP contribution in [0.15, 0.2) is 17.3 Å². The van der Waals surface area contributed by atoms with Crippen molar-refractivity contribution in [1.82, 2.24) is 9.88 Å². The predicted molar refractivity (Wildman–Crippen MR) is 62.7 cm³/mol. The zero-order valence-corrected chi connectivity index (χ0v) is 9.77. The summed E-state index contributed by atoms with van der Waals surface area (Å²) in [4.78, 5) is 6.46. The van der Waals surface area contributed by atoms with Crippen LogP contribution < -0.4 is 5.73 Å². The maximum atomic E-state index is 5.79. The van der Waals surface area contributed by atoms with E-state index >= 15 is 0 Å². The average molecular weight is 211 g/mol. The van der Waals surface area contributed by atoms with Gasteiger partial charge in [-0.2, -0.15) is 0 Å². The number of thioether (sulfide) groups is 1. The zero-order valence-electron chi connectivity index (χ0n) is 8.95. The first kappa shape index (κ1) is 11.3. The van der Waals surface area contributed by atoms with Gasteiger partial charge in [0.2, 0.25) is 0 Å². The number of nitrogens with zero attached hydrogens (tertiary/aromatic N) is 2. The van der Waals surface area contributed by atoms with Gasteiger partial charge in [-0.25, -0.2) is 4.98 Å². The van der Waals surface area contributed by atoms with E-state index in [1.165, 1.54) is 0 Å². The molecule has 0 aliphatic carbocycles. The van der Waals surface area contributed by atoms with Crippen molar-refractivity contribution < 1.29 is 0 Å². The standard InChI is InChI=1S/C10H17N3S/c1-8-7-12-10(6-9(8)11)14-5-4-13(2)3/h6-7H,4-5H2,1-3H3,(H2,11,12). The van der Waals surface area contributed by atoms with Crippen LogP contribution >= 0.6 is 11.8 Å². The van der Waals surface area contributed by atoms with Gasteiger partial charge in [0, 0.05) is 24.2 Å². The summed E-state index contributed by atoms with van der Waals surface area (Å²) in [5, 5.41) is 1.01. The van der Waals surface area contributed by atoms with Gasteiger partial charge in [0.25, 0.3) is 0 Å². The van der Waals surface area contributed by atoms with E-state index in [9.17, 15) is 0 Å². The summed E-state index contributed by atoms with van der Waals surface area (Å²) in [6.07, 6.45) is 1.83. The number of nitrogen functional groups attached to an aromatic ring is 1. The van der Waals surface area contributed by atoms with Crippen LogP contribution in [0, 0.1) is 6.92 Å². The Hall–Kier alpha value is -0.740. The molecule has 0 saturated heterocycles.